The van der Waals surface area contributed by atoms with E-state index in [1.807, 2.05) is 0 Å². The number of aryl methyl sites for hydroxylation is 1. The summed E-state index contributed by atoms with van der Waals surface area (Å²) in [5.74, 6) is -0.395. The highest BCUT2D eigenvalue weighted by Gasteiger charge is 2.46. The zero-order valence-electron chi connectivity index (χ0n) is 15.8. The summed E-state index contributed by atoms with van der Waals surface area (Å²) in [6, 6.07) is 0. The van der Waals surface area contributed by atoms with E-state index in [2.05, 4.69) is 22.3 Å². The lowest BCUT2D eigenvalue weighted by Crippen LogP contribution is -2.34. The normalized spacial score (nSPS) is 16.4. The highest BCUT2D eigenvalue weighted by atomic mass is 16.4. The van der Waals surface area contributed by atoms with E-state index in [9.17, 15) is 9.90 Å². The Morgan fingerprint density at radius 2 is 1.56 bits per heavy atom. The first-order chi connectivity index (χ1) is 12.2. The fourth-order valence-corrected chi connectivity index (χ4v) is 3.78. The molecule has 6 nitrogen and oxygen atoms in total. The van der Waals surface area contributed by atoms with Gasteiger partial charge in [-0.3, -0.25) is 4.79 Å². The molecule has 0 aromatic carbocycles. The molecule has 0 unspecified atom stereocenters. The molecule has 1 N–H and O–H groups in total. The summed E-state index contributed by atoms with van der Waals surface area (Å²) in [5.41, 5.74) is -0.893. The molecule has 1 saturated carbocycles. The molecule has 1 aliphatic carbocycles. The number of rotatable bonds is 13. The van der Waals surface area contributed by atoms with Crippen molar-refractivity contribution in [2.24, 2.45) is 0 Å². The van der Waals surface area contributed by atoms with Crippen LogP contribution in [0.1, 0.15) is 103 Å². The zero-order chi connectivity index (χ0) is 18.0. The molecule has 0 spiro atoms. The number of carboxylic acids is 1. The van der Waals surface area contributed by atoms with E-state index in [4.69, 9.17) is 0 Å². The third-order valence-corrected chi connectivity index (χ3v) is 5.46. The Hall–Kier alpha value is -1.46. The molecule has 142 valence electrons. The predicted molar refractivity (Wildman–Crippen MR) is 97.4 cm³/mol. The van der Waals surface area contributed by atoms with Crippen LogP contribution in [0.4, 0.5) is 0 Å². The molecule has 0 bridgehead atoms. The van der Waals surface area contributed by atoms with Gasteiger partial charge in [0.2, 0.25) is 0 Å². The molecule has 1 aromatic rings. The number of aliphatic carboxylic acids is 1. The van der Waals surface area contributed by atoms with Gasteiger partial charge in [0.15, 0.2) is 5.82 Å². The summed E-state index contributed by atoms with van der Waals surface area (Å²) in [6.45, 7) is 2.99. The van der Waals surface area contributed by atoms with Crippen molar-refractivity contribution < 1.29 is 9.90 Å². The van der Waals surface area contributed by atoms with Crippen LogP contribution < -0.4 is 0 Å². The molecule has 2 rings (SSSR count). The fraction of sp³-hybridized carbons (Fsp3) is 0.895. The van der Waals surface area contributed by atoms with E-state index in [-0.39, 0.29) is 0 Å². The standard InChI is InChI=1S/C19H34N4O2/c1-2-3-4-5-6-7-8-9-10-13-16-23-21-17(20-22-23)19(18(24)25)14-11-12-15-19/h2-16H2,1H3,(H,24,25). The predicted octanol–water partition coefficient (Wildman–Crippen LogP) is 4.49. The summed E-state index contributed by atoms with van der Waals surface area (Å²) in [7, 11) is 0. The highest BCUT2D eigenvalue weighted by molar-refractivity contribution is 5.80. The lowest BCUT2D eigenvalue weighted by molar-refractivity contribution is -0.144. The lowest BCUT2D eigenvalue weighted by Gasteiger charge is -2.18. The summed E-state index contributed by atoms with van der Waals surface area (Å²) in [6.07, 6.45) is 16.1. The third-order valence-electron chi connectivity index (χ3n) is 5.46. The van der Waals surface area contributed by atoms with Gasteiger partial charge in [-0.05, 0) is 24.5 Å². The van der Waals surface area contributed by atoms with Crippen LogP contribution in [0.15, 0.2) is 0 Å². The van der Waals surface area contributed by atoms with Gasteiger partial charge in [0, 0.05) is 0 Å². The van der Waals surface area contributed by atoms with Gasteiger partial charge in [0.05, 0.1) is 6.54 Å². The van der Waals surface area contributed by atoms with Gasteiger partial charge in [0.25, 0.3) is 0 Å². The minimum absolute atomic E-state index is 0.407. The Bertz CT molecular complexity index is 509. The largest absolute Gasteiger partial charge is 0.480 e. The van der Waals surface area contributed by atoms with Crippen molar-refractivity contribution in [2.45, 2.75) is 109 Å². The number of nitrogens with zero attached hydrogens (tertiary/aromatic N) is 4. The van der Waals surface area contributed by atoms with E-state index < -0.39 is 11.4 Å². The topological polar surface area (TPSA) is 80.9 Å². The number of unbranched alkanes of at least 4 members (excludes halogenated alkanes) is 9. The summed E-state index contributed by atoms with van der Waals surface area (Å²) in [4.78, 5) is 13.2. The Labute approximate surface area is 151 Å². The van der Waals surface area contributed by atoms with Gasteiger partial charge in [0.1, 0.15) is 5.41 Å². The van der Waals surface area contributed by atoms with Crippen LogP contribution in [0, 0.1) is 0 Å². The minimum atomic E-state index is -0.893. The molecule has 0 atom stereocenters. The summed E-state index contributed by atoms with van der Waals surface area (Å²) < 4.78 is 0. The van der Waals surface area contributed by atoms with Crippen molar-refractivity contribution in [1.29, 1.82) is 0 Å². The molecule has 1 aliphatic rings. The van der Waals surface area contributed by atoms with Crippen molar-refractivity contribution in [3.8, 4) is 0 Å². The van der Waals surface area contributed by atoms with Crippen LogP contribution in [0.25, 0.3) is 0 Å². The zero-order valence-corrected chi connectivity index (χ0v) is 15.8. The van der Waals surface area contributed by atoms with E-state index in [1.165, 1.54) is 57.8 Å². The minimum Gasteiger partial charge on any atom is -0.480 e. The quantitative estimate of drug-likeness (QED) is 0.530. The summed E-state index contributed by atoms with van der Waals surface area (Å²) >= 11 is 0. The number of carbonyl (C=O) groups is 1. The number of hydrogen-bond acceptors (Lipinski definition) is 4. The average molecular weight is 351 g/mol. The van der Waals surface area contributed by atoms with Crippen LogP contribution in [-0.2, 0) is 16.8 Å². The first-order valence-corrected chi connectivity index (χ1v) is 10.2. The first kappa shape index (κ1) is 19.9. The Kier molecular flexibility index (Phi) is 8.35. The van der Waals surface area contributed by atoms with Crippen molar-refractivity contribution in [3.63, 3.8) is 0 Å². The number of tetrazole rings is 1. The Balaban J connectivity index is 1.61. The molecule has 1 fully saturated rings. The molecule has 1 heterocycles. The SMILES string of the molecule is CCCCCCCCCCCCn1nnc(C2(C(=O)O)CCCC2)n1. The third kappa shape index (κ3) is 5.79. The molecular formula is C19H34N4O2. The molecule has 25 heavy (non-hydrogen) atoms. The molecule has 1 aromatic heterocycles. The second kappa shape index (κ2) is 10.5. The van der Waals surface area contributed by atoms with Crippen LogP contribution in [0.2, 0.25) is 0 Å². The van der Waals surface area contributed by atoms with Crippen molar-refractivity contribution in [2.75, 3.05) is 0 Å². The first-order valence-electron chi connectivity index (χ1n) is 10.2. The van der Waals surface area contributed by atoms with Gasteiger partial charge in [-0.1, -0.05) is 77.6 Å². The average Bonchev–Trinajstić information content (AvgIpc) is 3.26. The molecule has 0 saturated heterocycles. The molecule has 0 radical (unpaired) electrons. The Morgan fingerprint density at radius 3 is 2.12 bits per heavy atom. The number of carboxylic acid groups (broad SMARTS) is 1. The number of hydrogen-bond donors (Lipinski definition) is 1. The second-order valence-corrected chi connectivity index (χ2v) is 7.49. The van der Waals surface area contributed by atoms with Crippen molar-refractivity contribution in [1.82, 2.24) is 20.2 Å². The van der Waals surface area contributed by atoms with Crippen LogP contribution in [0.3, 0.4) is 0 Å². The van der Waals surface area contributed by atoms with Gasteiger partial charge < -0.3 is 5.11 Å². The maximum atomic E-state index is 11.7. The van der Waals surface area contributed by atoms with E-state index in [1.54, 1.807) is 4.80 Å². The van der Waals surface area contributed by atoms with Crippen LogP contribution in [0.5, 0.6) is 0 Å². The summed E-state index contributed by atoms with van der Waals surface area (Å²) in [5, 5.41) is 22.1. The van der Waals surface area contributed by atoms with E-state index in [0.29, 0.717) is 18.7 Å². The maximum absolute atomic E-state index is 11.7. The monoisotopic (exact) mass is 350 g/mol. The van der Waals surface area contributed by atoms with Gasteiger partial charge in [-0.15, -0.1) is 10.2 Å². The molecule has 6 heteroatoms. The van der Waals surface area contributed by atoms with Crippen molar-refractivity contribution >= 4 is 5.97 Å². The van der Waals surface area contributed by atoms with Gasteiger partial charge >= 0.3 is 5.97 Å². The maximum Gasteiger partial charge on any atom is 0.317 e. The molecular weight excluding hydrogens is 316 g/mol. The van der Waals surface area contributed by atoms with E-state index >= 15 is 0 Å². The lowest BCUT2D eigenvalue weighted by atomic mass is 9.86. The van der Waals surface area contributed by atoms with Gasteiger partial charge in [-0.2, -0.15) is 4.80 Å². The molecule has 0 amide bonds. The van der Waals surface area contributed by atoms with Gasteiger partial charge in [-0.25, -0.2) is 0 Å². The smallest absolute Gasteiger partial charge is 0.317 e. The van der Waals surface area contributed by atoms with Crippen molar-refractivity contribution in [3.05, 3.63) is 5.82 Å². The van der Waals surface area contributed by atoms with Crippen LogP contribution >= 0.6 is 0 Å². The molecule has 0 aliphatic heterocycles. The second-order valence-electron chi connectivity index (χ2n) is 7.49. The Morgan fingerprint density at radius 1 is 1.00 bits per heavy atom. The fourth-order valence-electron chi connectivity index (χ4n) is 3.78. The number of aromatic nitrogens is 4. The highest BCUT2D eigenvalue weighted by Crippen LogP contribution is 2.39. The van der Waals surface area contributed by atoms with Crippen LogP contribution in [-0.4, -0.2) is 31.3 Å². The van der Waals surface area contributed by atoms with E-state index in [0.717, 1.165) is 25.8 Å².